The van der Waals surface area contributed by atoms with Crippen LogP contribution in [0, 0.1) is 5.92 Å². The first-order chi connectivity index (χ1) is 21.2. The van der Waals surface area contributed by atoms with Gasteiger partial charge in [-0.15, -0.1) is 0 Å². The number of ether oxygens (including phenoxy) is 1. The standard InChI is InChI=1S/C30H39N7O6S/c1-2-9-37(42-10-8-34-30(39)43-25-4-3-5-25)29(38)23-11-22-7-6-21(13-27(22)35-28(32)14-23)24-12-26(17-33-16-24)44(40,41)36-18-20(15-31)19-36/h6-7,11-13,16-17,20,25H,2-5,8-10,14-15,18-19,31H2,1H3,(H2,32,35)(H,34,39). The predicted octanol–water partition coefficient (Wildman–Crippen LogP) is 2.55. The first-order valence-electron chi connectivity index (χ1n) is 14.9. The van der Waals surface area contributed by atoms with E-state index in [0.29, 0.717) is 60.6 Å². The first kappa shape index (κ1) is 31.6. The Morgan fingerprint density at radius 2 is 1.95 bits per heavy atom. The Morgan fingerprint density at radius 3 is 2.66 bits per heavy atom. The highest BCUT2D eigenvalue weighted by atomic mass is 32.2. The molecule has 3 aliphatic rings. The Bertz CT molecular complexity index is 1550. The molecule has 0 spiro atoms. The van der Waals surface area contributed by atoms with E-state index in [1.165, 1.54) is 15.6 Å². The van der Waals surface area contributed by atoms with Gasteiger partial charge < -0.3 is 21.5 Å². The molecule has 1 saturated heterocycles. The lowest BCUT2D eigenvalue weighted by molar-refractivity contribution is -0.181. The number of carbonyl (C=O) groups excluding carboxylic acids is 2. The van der Waals surface area contributed by atoms with Gasteiger partial charge in [-0.05, 0) is 61.9 Å². The number of sulfonamides is 1. The lowest BCUT2D eigenvalue weighted by Crippen LogP contribution is -2.52. The molecule has 2 fully saturated rings. The molecule has 5 rings (SSSR count). The second-order valence-corrected chi connectivity index (χ2v) is 13.1. The monoisotopic (exact) mass is 625 g/mol. The molecular formula is C30H39N7O6S. The number of rotatable bonds is 12. The van der Waals surface area contributed by atoms with Crippen molar-refractivity contribution in [3.05, 3.63) is 47.8 Å². The summed E-state index contributed by atoms with van der Waals surface area (Å²) in [5, 5.41) is 3.93. The van der Waals surface area contributed by atoms with Crippen molar-refractivity contribution >= 4 is 39.6 Å². The van der Waals surface area contributed by atoms with Crippen molar-refractivity contribution in [3.8, 4) is 11.1 Å². The number of nitrogens with two attached hydrogens (primary N) is 2. The van der Waals surface area contributed by atoms with Crippen molar-refractivity contribution < 1.29 is 27.6 Å². The number of amides is 2. The van der Waals surface area contributed by atoms with Crippen LogP contribution < -0.4 is 16.8 Å². The van der Waals surface area contributed by atoms with Gasteiger partial charge in [-0.3, -0.25) is 14.6 Å². The van der Waals surface area contributed by atoms with Crippen LogP contribution in [0.5, 0.6) is 0 Å². The summed E-state index contributed by atoms with van der Waals surface area (Å²) in [5.74, 6) is 0.0753. The van der Waals surface area contributed by atoms with E-state index in [0.717, 1.165) is 19.3 Å². The third-order valence-electron chi connectivity index (χ3n) is 7.81. The molecule has 2 aromatic rings. The second-order valence-electron chi connectivity index (χ2n) is 11.2. The van der Waals surface area contributed by atoms with Crippen LogP contribution in [0.2, 0.25) is 0 Å². The number of nitrogens with one attached hydrogen (secondary N) is 1. The average molecular weight is 626 g/mol. The molecule has 44 heavy (non-hydrogen) atoms. The van der Waals surface area contributed by atoms with Crippen LogP contribution >= 0.6 is 0 Å². The van der Waals surface area contributed by atoms with Gasteiger partial charge in [0.05, 0.1) is 12.3 Å². The number of carbonyl (C=O) groups is 2. The largest absolute Gasteiger partial charge is 0.446 e. The number of hydroxylamine groups is 2. The lowest BCUT2D eigenvalue weighted by atomic mass is 9.96. The van der Waals surface area contributed by atoms with Crippen molar-refractivity contribution in [1.82, 2.24) is 19.7 Å². The third kappa shape index (κ3) is 7.26. The zero-order chi connectivity index (χ0) is 31.3. The summed E-state index contributed by atoms with van der Waals surface area (Å²) < 4.78 is 32.8. The topological polar surface area (TPSA) is 183 Å². The molecule has 1 aromatic carbocycles. The summed E-state index contributed by atoms with van der Waals surface area (Å²) in [6, 6.07) is 7.02. The second kappa shape index (κ2) is 13.8. The molecule has 1 aromatic heterocycles. The number of amidine groups is 1. The maximum Gasteiger partial charge on any atom is 0.407 e. The van der Waals surface area contributed by atoms with Crippen molar-refractivity contribution in [2.75, 3.05) is 39.3 Å². The fourth-order valence-corrected chi connectivity index (χ4v) is 6.60. The molecule has 0 unspecified atom stereocenters. The number of hydrogen-bond acceptors (Lipinski definition) is 10. The van der Waals surface area contributed by atoms with Crippen LogP contribution in [0.1, 0.15) is 44.6 Å². The summed E-state index contributed by atoms with van der Waals surface area (Å²) in [5.41, 5.74) is 14.8. The van der Waals surface area contributed by atoms with E-state index >= 15 is 0 Å². The molecule has 5 N–H and O–H groups in total. The molecule has 0 atom stereocenters. The van der Waals surface area contributed by atoms with Crippen molar-refractivity contribution in [1.29, 1.82) is 0 Å². The van der Waals surface area contributed by atoms with Crippen LogP contribution in [0.4, 0.5) is 10.5 Å². The minimum Gasteiger partial charge on any atom is -0.446 e. The molecule has 2 amide bonds. The number of aromatic nitrogens is 1. The maximum absolute atomic E-state index is 13.5. The van der Waals surface area contributed by atoms with Gasteiger partial charge in [0.25, 0.3) is 5.91 Å². The normalized spacial score (nSPS) is 17.3. The first-order valence-corrected chi connectivity index (χ1v) is 16.3. The summed E-state index contributed by atoms with van der Waals surface area (Å²) in [4.78, 5) is 40.0. The van der Waals surface area contributed by atoms with E-state index in [1.807, 2.05) is 19.1 Å². The summed E-state index contributed by atoms with van der Waals surface area (Å²) in [6.45, 7) is 3.81. The molecule has 13 nitrogen and oxygen atoms in total. The Labute approximate surface area is 257 Å². The van der Waals surface area contributed by atoms with E-state index in [1.54, 1.807) is 24.4 Å². The number of alkyl carbamates (subject to hydrolysis) is 1. The third-order valence-corrected chi connectivity index (χ3v) is 9.61. The fraction of sp³-hybridized carbons (Fsp3) is 0.467. The van der Waals surface area contributed by atoms with E-state index in [9.17, 15) is 18.0 Å². The molecular weight excluding hydrogens is 586 g/mol. The zero-order valence-electron chi connectivity index (χ0n) is 24.8. The Hall–Kier alpha value is -3.85. The SMILES string of the molecule is CCCN(OCCNC(=O)OC1CCC1)C(=O)C1=Cc2ccc(-c3cncc(S(=O)(=O)N4CC(CN)C4)c3)cc2N=C(N)C1. The molecule has 0 bridgehead atoms. The van der Waals surface area contributed by atoms with Crippen molar-refractivity contribution in [3.63, 3.8) is 0 Å². The molecule has 1 aliphatic carbocycles. The summed E-state index contributed by atoms with van der Waals surface area (Å²) in [7, 11) is -3.68. The van der Waals surface area contributed by atoms with Gasteiger partial charge in [-0.25, -0.2) is 23.3 Å². The van der Waals surface area contributed by atoms with Gasteiger partial charge in [0.1, 0.15) is 16.8 Å². The Kier molecular flexibility index (Phi) is 9.93. The molecule has 236 valence electrons. The summed E-state index contributed by atoms with van der Waals surface area (Å²) in [6.07, 6.45) is 7.80. The molecule has 3 heterocycles. The highest BCUT2D eigenvalue weighted by Gasteiger charge is 2.36. The highest BCUT2D eigenvalue weighted by molar-refractivity contribution is 7.89. The number of pyridine rings is 1. The van der Waals surface area contributed by atoms with Crippen LogP contribution in [-0.2, 0) is 24.4 Å². The van der Waals surface area contributed by atoms with Gasteiger partial charge in [0.15, 0.2) is 0 Å². The molecule has 0 radical (unpaired) electrons. The maximum atomic E-state index is 13.5. The number of aliphatic imine (C=N–C) groups is 1. The number of nitrogens with zero attached hydrogens (tertiary/aromatic N) is 4. The average Bonchev–Trinajstić information content (AvgIpc) is 3.13. The molecule has 2 aliphatic heterocycles. The lowest BCUT2D eigenvalue weighted by Gasteiger charge is -2.37. The highest BCUT2D eigenvalue weighted by Crippen LogP contribution is 2.33. The number of fused-ring (bicyclic) bond motifs is 1. The number of benzene rings is 1. The Balaban J connectivity index is 1.28. The fourth-order valence-electron chi connectivity index (χ4n) is 5.02. The van der Waals surface area contributed by atoms with Gasteiger partial charge in [0, 0.05) is 61.7 Å². The van der Waals surface area contributed by atoms with E-state index in [2.05, 4.69) is 15.3 Å². The minimum absolute atomic E-state index is 0.0134. The van der Waals surface area contributed by atoms with Crippen LogP contribution in [-0.4, -0.2) is 86.0 Å². The number of hydrogen-bond donors (Lipinski definition) is 3. The zero-order valence-corrected chi connectivity index (χ0v) is 25.6. The minimum atomic E-state index is -3.68. The smallest absolute Gasteiger partial charge is 0.407 e. The van der Waals surface area contributed by atoms with E-state index in [-0.39, 0.29) is 48.2 Å². The Morgan fingerprint density at radius 1 is 1.16 bits per heavy atom. The van der Waals surface area contributed by atoms with Crippen molar-refractivity contribution in [2.24, 2.45) is 22.4 Å². The van der Waals surface area contributed by atoms with Crippen LogP contribution in [0.25, 0.3) is 17.2 Å². The summed E-state index contributed by atoms with van der Waals surface area (Å²) >= 11 is 0. The molecule has 1 saturated carbocycles. The van der Waals surface area contributed by atoms with E-state index < -0.39 is 16.1 Å². The molecule has 14 heteroatoms. The van der Waals surface area contributed by atoms with Crippen LogP contribution in [0.15, 0.2) is 52.1 Å². The quantitative estimate of drug-likeness (QED) is 0.236. The van der Waals surface area contributed by atoms with Gasteiger partial charge in [-0.1, -0.05) is 19.1 Å². The van der Waals surface area contributed by atoms with Gasteiger partial charge in [-0.2, -0.15) is 4.31 Å². The predicted molar refractivity (Wildman–Crippen MR) is 165 cm³/mol. The van der Waals surface area contributed by atoms with Gasteiger partial charge in [0.2, 0.25) is 10.0 Å². The van der Waals surface area contributed by atoms with Gasteiger partial charge >= 0.3 is 6.09 Å². The van der Waals surface area contributed by atoms with Crippen LogP contribution in [0.3, 0.4) is 0 Å². The van der Waals surface area contributed by atoms with Crippen molar-refractivity contribution in [2.45, 2.75) is 50.0 Å². The van der Waals surface area contributed by atoms with E-state index in [4.69, 9.17) is 21.0 Å².